The van der Waals surface area contributed by atoms with E-state index in [9.17, 15) is 9.59 Å². The molecule has 0 N–H and O–H groups in total. The molecule has 37 heavy (non-hydrogen) atoms. The molecule has 0 bridgehead atoms. The first-order valence-corrected chi connectivity index (χ1v) is 12.4. The minimum Gasteiger partial charge on any atom is -0.497 e. The summed E-state index contributed by atoms with van der Waals surface area (Å²) in [6.45, 7) is 2.38. The standard InChI is InChI=1S/C29H30ClN3O4/c1-20-11-13-21(14-12-20)27-18-26(22-7-6-8-23(17-22)37-3)31-33(27)28(34)19-32(15-16-36-2)29(35)24-9-4-5-10-25(24)30/h4-14,17,27H,15-16,18-19H2,1-3H3. The number of benzene rings is 3. The van der Waals surface area contributed by atoms with Crippen molar-refractivity contribution < 1.29 is 19.1 Å². The van der Waals surface area contributed by atoms with Crippen LogP contribution in [0.3, 0.4) is 0 Å². The lowest BCUT2D eigenvalue weighted by Crippen LogP contribution is -2.42. The maximum Gasteiger partial charge on any atom is 0.262 e. The highest BCUT2D eigenvalue weighted by atomic mass is 35.5. The number of hydrazone groups is 1. The molecule has 0 aliphatic carbocycles. The van der Waals surface area contributed by atoms with Crippen LogP contribution in [0.25, 0.3) is 0 Å². The van der Waals surface area contributed by atoms with Gasteiger partial charge < -0.3 is 14.4 Å². The predicted octanol–water partition coefficient (Wildman–Crippen LogP) is 5.12. The van der Waals surface area contributed by atoms with Crippen LogP contribution < -0.4 is 4.74 Å². The van der Waals surface area contributed by atoms with Crippen LogP contribution in [0.15, 0.2) is 77.9 Å². The predicted molar refractivity (Wildman–Crippen MR) is 144 cm³/mol. The summed E-state index contributed by atoms with van der Waals surface area (Å²) < 4.78 is 10.6. The molecule has 4 rings (SSSR count). The van der Waals surface area contributed by atoms with Crippen LogP contribution in [0.1, 0.15) is 39.5 Å². The second kappa shape index (κ2) is 12.0. The van der Waals surface area contributed by atoms with E-state index in [1.54, 1.807) is 38.5 Å². The third-order valence-electron chi connectivity index (χ3n) is 6.31. The molecule has 8 heteroatoms. The van der Waals surface area contributed by atoms with Crippen molar-refractivity contribution in [1.82, 2.24) is 9.91 Å². The Labute approximate surface area is 222 Å². The van der Waals surface area contributed by atoms with Gasteiger partial charge in [0.15, 0.2) is 0 Å². The van der Waals surface area contributed by atoms with E-state index in [1.807, 2.05) is 55.5 Å². The van der Waals surface area contributed by atoms with Crippen LogP contribution in [0, 0.1) is 6.92 Å². The molecule has 3 aromatic rings. The van der Waals surface area contributed by atoms with Crippen LogP contribution >= 0.6 is 11.6 Å². The average molecular weight is 520 g/mol. The number of ether oxygens (including phenoxy) is 2. The molecule has 0 spiro atoms. The second-order valence-corrected chi connectivity index (χ2v) is 9.25. The Balaban J connectivity index is 1.65. The molecule has 0 aromatic heterocycles. The molecular formula is C29H30ClN3O4. The van der Waals surface area contributed by atoms with Gasteiger partial charge in [-0.1, -0.05) is 65.7 Å². The summed E-state index contributed by atoms with van der Waals surface area (Å²) in [5.41, 5.74) is 4.10. The van der Waals surface area contributed by atoms with Crippen LogP contribution in [-0.4, -0.2) is 61.4 Å². The molecule has 192 valence electrons. The number of rotatable bonds is 9. The Hall–Kier alpha value is -3.68. The molecule has 0 radical (unpaired) electrons. The van der Waals surface area contributed by atoms with E-state index in [-0.39, 0.29) is 37.6 Å². The summed E-state index contributed by atoms with van der Waals surface area (Å²) in [5, 5.41) is 6.58. The number of nitrogens with zero attached hydrogens (tertiary/aromatic N) is 3. The maximum absolute atomic E-state index is 13.7. The molecule has 1 aliphatic rings. The van der Waals surface area contributed by atoms with E-state index in [2.05, 4.69) is 0 Å². The van der Waals surface area contributed by atoms with Gasteiger partial charge in [0.25, 0.3) is 11.8 Å². The number of halogens is 1. The molecule has 3 aromatic carbocycles. The van der Waals surface area contributed by atoms with Crippen molar-refractivity contribution in [3.05, 3.63) is 100 Å². The third kappa shape index (κ3) is 6.18. The van der Waals surface area contributed by atoms with Gasteiger partial charge in [0.1, 0.15) is 12.3 Å². The highest BCUT2D eigenvalue weighted by Gasteiger charge is 2.34. The van der Waals surface area contributed by atoms with Gasteiger partial charge in [-0.3, -0.25) is 9.59 Å². The van der Waals surface area contributed by atoms with Crippen LogP contribution in [0.2, 0.25) is 5.02 Å². The van der Waals surface area contributed by atoms with Gasteiger partial charge in [0.05, 0.1) is 36.1 Å². The number of carbonyl (C=O) groups is 2. The molecule has 1 aliphatic heterocycles. The first-order chi connectivity index (χ1) is 17.9. The van der Waals surface area contributed by atoms with Crippen LogP contribution in [0.4, 0.5) is 0 Å². The molecule has 7 nitrogen and oxygen atoms in total. The van der Waals surface area contributed by atoms with Gasteiger partial charge in [-0.05, 0) is 36.8 Å². The maximum atomic E-state index is 13.7. The summed E-state index contributed by atoms with van der Waals surface area (Å²) in [6, 6.07) is 22.2. The quantitative estimate of drug-likeness (QED) is 0.393. The Kier molecular flexibility index (Phi) is 8.58. The summed E-state index contributed by atoms with van der Waals surface area (Å²) in [7, 11) is 3.17. The van der Waals surface area contributed by atoms with Gasteiger partial charge in [-0.15, -0.1) is 0 Å². The lowest BCUT2D eigenvalue weighted by atomic mass is 9.97. The first kappa shape index (κ1) is 26.4. The summed E-state index contributed by atoms with van der Waals surface area (Å²) >= 11 is 6.28. The van der Waals surface area contributed by atoms with E-state index in [1.165, 1.54) is 9.91 Å². The monoisotopic (exact) mass is 519 g/mol. The van der Waals surface area contributed by atoms with Crippen molar-refractivity contribution in [1.29, 1.82) is 0 Å². The van der Waals surface area contributed by atoms with Gasteiger partial charge >= 0.3 is 0 Å². The van der Waals surface area contributed by atoms with Crippen molar-refractivity contribution in [2.24, 2.45) is 5.10 Å². The molecule has 0 saturated heterocycles. The van der Waals surface area contributed by atoms with Crippen molar-refractivity contribution >= 4 is 29.1 Å². The highest BCUT2D eigenvalue weighted by molar-refractivity contribution is 6.33. The third-order valence-corrected chi connectivity index (χ3v) is 6.64. The fourth-order valence-electron chi connectivity index (χ4n) is 4.26. The van der Waals surface area contributed by atoms with E-state index in [0.29, 0.717) is 22.8 Å². The molecular weight excluding hydrogens is 490 g/mol. The van der Waals surface area contributed by atoms with Gasteiger partial charge in [0.2, 0.25) is 0 Å². The minimum atomic E-state index is -0.334. The Morgan fingerprint density at radius 2 is 1.81 bits per heavy atom. The zero-order valence-electron chi connectivity index (χ0n) is 21.2. The van der Waals surface area contributed by atoms with Crippen LogP contribution in [0.5, 0.6) is 5.75 Å². The van der Waals surface area contributed by atoms with Crippen molar-refractivity contribution in [2.45, 2.75) is 19.4 Å². The fourth-order valence-corrected chi connectivity index (χ4v) is 4.48. The number of aryl methyl sites for hydroxylation is 1. The Morgan fingerprint density at radius 3 is 2.51 bits per heavy atom. The summed E-state index contributed by atoms with van der Waals surface area (Å²) in [4.78, 5) is 28.5. The average Bonchev–Trinajstić information content (AvgIpc) is 3.37. The van der Waals surface area contributed by atoms with Crippen molar-refractivity contribution in [2.75, 3.05) is 33.9 Å². The summed E-state index contributed by atoms with van der Waals surface area (Å²) in [6.07, 6.45) is 0.540. The lowest BCUT2D eigenvalue weighted by Gasteiger charge is -2.27. The van der Waals surface area contributed by atoms with Gasteiger partial charge in [-0.2, -0.15) is 5.10 Å². The van der Waals surface area contributed by atoms with E-state index in [4.69, 9.17) is 26.2 Å². The van der Waals surface area contributed by atoms with Gasteiger partial charge in [0, 0.05) is 25.6 Å². The molecule has 1 heterocycles. The highest BCUT2D eigenvalue weighted by Crippen LogP contribution is 2.34. The number of hydrogen-bond donors (Lipinski definition) is 0. The molecule has 1 unspecified atom stereocenters. The van der Waals surface area contributed by atoms with E-state index >= 15 is 0 Å². The van der Waals surface area contributed by atoms with Crippen molar-refractivity contribution in [3.8, 4) is 5.75 Å². The largest absolute Gasteiger partial charge is 0.497 e. The number of carbonyl (C=O) groups excluding carboxylic acids is 2. The summed E-state index contributed by atoms with van der Waals surface area (Å²) in [5.74, 6) is 0.0898. The molecule has 0 saturated carbocycles. The number of amides is 2. The Bertz CT molecular complexity index is 1290. The zero-order valence-corrected chi connectivity index (χ0v) is 21.9. The fraction of sp³-hybridized carbons (Fsp3) is 0.276. The Morgan fingerprint density at radius 1 is 1.05 bits per heavy atom. The second-order valence-electron chi connectivity index (χ2n) is 8.85. The molecule has 1 atom stereocenters. The van der Waals surface area contributed by atoms with E-state index in [0.717, 1.165) is 22.4 Å². The molecule has 0 fully saturated rings. The van der Waals surface area contributed by atoms with E-state index < -0.39 is 0 Å². The van der Waals surface area contributed by atoms with Crippen molar-refractivity contribution in [3.63, 3.8) is 0 Å². The van der Waals surface area contributed by atoms with Crippen LogP contribution in [-0.2, 0) is 9.53 Å². The minimum absolute atomic E-state index is 0.162. The lowest BCUT2D eigenvalue weighted by molar-refractivity contribution is -0.133. The first-order valence-electron chi connectivity index (χ1n) is 12.0. The normalized spacial score (nSPS) is 14.9. The SMILES string of the molecule is COCCN(CC(=O)N1N=C(c2cccc(OC)c2)CC1c1ccc(C)cc1)C(=O)c1ccccc1Cl. The number of hydrogen-bond acceptors (Lipinski definition) is 5. The molecule has 2 amide bonds. The zero-order chi connectivity index (χ0) is 26.4. The smallest absolute Gasteiger partial charge is 0.262 e. The van der Waals surface area contributed by atoms with Gasteiger partial charge in [-0.25, -0.2) is 5.01 Å². The topological polar surface area (TPSA) is 71.4 Å². The number of methoxy groups -OCH3 is 2.